The first kappa shape index (κ1) is 22.9. The molecule has 2 atom stereocenters. The van der Waals surface area contributed by atoms with Crippen LogP contribution in [0.4, 0.5) is 5.69 Å². The number of hydrogen-bond acceptors (Lipinski definition) is 4. The molecule has 1 amide bonds. The Hall–Kier alpha value is -3.32. The average Bonchev–Trinajstić information content (AvgIpc) is 2.78. The normalized spacial score (nSPS) is 16.5. The highest BCUT2D eigenvalue weighted by Crippen LogP contribution is 2.37. The van der Waals surface area contributed by atoms with Gasteiger partial charge in [-0.1, -0.05) is 53.6 Å². The van der Waals surface area contributed by atoms with E-state index in [1.54, 1.807) is 48.5 Å². The van der Waals surface area contributed by atoms with Gasteiger partial charge in [-0.3, -0.25) is 9.10 Å². The van der Waals surface area contributed by atoms with Crippen LogP contribution in [0.25, 0.3) is 0 Å². The monoisotopic (exact) mass is 464 g/mol. The number of fused-ring (bicyclic) bond motifs is 1. The summed E-state index contributed by atoms with van der Waals surface area (Å²) in [6, 6.07) is 19.4. The summed E-state index contributed by atoms with van der Waals surface area (Å²) in [5, 5.41) is 2.99. The molecule has 0 bridgehead atoms. The maximum atomic E-state index is 13.5. The first-order chi connectivity index (χ1) is 15.7. The molecule has 0 radical (unpaired) electrons. The summed E-state index contributed by atoms with van der Waals surface area (Å²) in [5.41, 5.74) is 4.63. The van der Waals surface area contributed by atoms with Crippen molar-refractivity contribution in [1.29, 1.82) is 0 Å². The van der Waals surface area contributed by atoms with E-state index in [9.17, 15) is 13.2 Å². The number of hydrogen-bond donors (Lipinski definition) is 1. The third-order valence-corrected chi connectivity index (χ3v) is 7.68. The van der Waals surface area contributed by atoms with Crippen LogP contribution in [-0.2, 0) is 14.8 Å². The zero-order valence-electron chi connectivity index (χ0n) is 19.2. The maximum absolute atomic E-state index is 13.5. The number of carbonyl (C=O) groups excluding carboxylic acids is 1. The predicted octanol–water partition coefficient (Wildman–Crippen LogP) is 4.45. The SMILES string of the molecule is Cc1ccc(S(=O)(=O)N2C[C@@H](C(=O)N[C@@H](C)c3ccc(C)cc3C)Oc3ccccc32)cc1. The van der Waals surface area contributed by atoms with Crippen molar-refractivity contribution in [3.8, 4) is 5.75 Å². The molecule has 1 heterocycles. The smallest absolute Gasteiger partial charge is 0.264 e. The van der Waals surface area contributed by atoms with Gasteiger partial charge in [-0.25, -0.2) is 8.42 Å². The van der Waals surface area contributed by atoms with Gasteiger partial charge in [0.1, 0.15) is 5.75 Å². The lowest BCUT2D eigenvalue weighted by atomic mass is 10.00. The van der Waals surface area contributed by atoms with Crippen LogP contribution < -0.4 is 14.4 Å². The van der Waals surface area contributed by atoms with E-state index in [1.165, 1.54) is 4.31 Å². The van der Waals surface area contributed by atoms with E-state index in [0.29, 0.717) is 11.4 Å². The molecule has 1 aliphatic heterocycles. The molecule has 0 spiro atoms. The molecule has 3 aromatic carbocycles. The van der Waals surface area contributed by atoms with Crippen LogP contribution in [0.15, 0.2) is 71.6 Å². The maximum Gasteiger partial charge on any atom is 0.264 e. The lowest BCUT2D eigenvalue weighted by Crippen LogP contribution is -2.51. The Kier molecular flexibility index (Phi) is 6.17. The number of para-hydroxylation sites is 2. The summed E-state index contributed by atoms with van der Waals surface area (Å²) in [5.74, 6) is -0.000148. The van der Waals surface area contributed by atoms with Crippen molar-refractivity contribution in [3.63, 3.8) is 0 Å². The fourth-order valence-electron chi connectivity index (χ4n) is 4.10. The number of rotatable bonds is 5. The van der Waals surface area contributed by atoms with Crippen molar-refractivity contribution in [3.05, 3.63) is 89.0 Å². The van der Waals surface area contributed by atoms with Gasteiger partial charge in [-0.15, -0.1) is 0 Å². The third-order valence-electron chi connectivity index (χ3n) is 5.89. The van der Waals surface area contributed by atoms with Gasteiger partial charge in [-0.2, -0.15) is 0 Å². The number of ether oxygens (including phenoxy) is 1. The second kappa shape index (κ2) is 8.90. The zero-order chi connectivity index (χ0) is 23.8. The Bertz CT molecular complexity index is 1290. The fourth-order valence-corrected chi connectivity index (χ4v) is 5.58. The molecule has 172 valence electrons. The molecule has 0 saturated heterocycles. The van der Waals surface area contributed by atoms with Crippen LogP contribution in [0, 0.1) is 20.8 Å². The quantitative estimate of drug-likeness (QED) is 0.606. The van der Waals surface area contributed by atoms with Crippen LogP contribution >= 0.6 is 0 Å². The summed E-state index contributed by atoms with van der Waals surface area (Å²) >= 11 is 0. The largest absolute Gasteiger partial charge is 0.476 e. The molecule has 33 heavy (non-hydrogen) atoms. The Morgan fingerprint density at radius 2 is 1.67 bits per heavy atom. The van der Waals surface area contributed by atoms with E-state index in [-0.39, 0.29) is 23.4 Å². The van der Waals surface area contributed by atoms with E-state index in [2.05, 4.69) is 11.4 Å². The molecular formula is C26H28N2O4S. The average molecular weight is 465 g/mol. The van der Waals surface area contributed by atoms with Gasteiger partial charge < -0.3 is 10.1 Å². The van der Waals surface area contributed by atoms with Crippen LogP contribution in [0.2, 0.25) is 0 Å². The molecule has 3 aromatic rings. The fraction of sp³-hybridized carbons (Fsp3) is 0.269. The minimum absolute atomic E-state index is 0.112. The lowest BCUT2D eigenvalue weighted by Gasteiger charge is -2.35. The predicted molar refractivity (Wildman–Crippen MR) is 129 cm³/mol. The number of aryl methyl sites for hydroxylation is 3. The molecule has 7 heteroatoms. The van der Waals surface area contributed by atoms with Crippen LogP contribution in [0.3, 0.4) is 0 Å². The number of amides is 1. The highest BCUT2D eigenvalue weighted by molar-refractivity contribution is 7.92. The Morgan fingerprint density at radius 3 is 2.36 bits per heavy atom. The van der Waals surface area contributed by atoms with Crippen molar-refractivity contribution in [2.24, 2.45) is 0 Å². The molecule has 6 nitrogen and oxygen atoms in total. The second-order valence-electron chi connectivity index (χ2n) is 8.51. The van der Waals surface area contributed by atoms with Crippen molar-refractivity contribution < 1.29 is 17.9 Å². The molecule has 0 aliphatic carbocycles. The van der Waals surface area contributed by atoms with Crippen LogP contribution in [0.5, 0.6) is 5.75 Å². The minimum atomic E-state index is -3.88. The number of sulfonamides is 1. The molecule has 0 saturated carbocycles. The van der Waals surface area contributed by atoms with Crippen molar-refractivity contribution in [1.82, 2.24) is 5.32 Å². The number of nitrogens with one attached hydrogen (secondary N) is 1. The number of benzene rings is 3. The van der Waals surface area contributed by atoms with Crippen molar-refractivity contribution in [2.75, 3.05) is 10.8 Å². The van der Waals surface area contributed by atoms with Gasteiger partial charge in [-0.05, 0) is 63.1 Å². The van der Waals surface area contributed by atoms with E-state index in [4.69, 9.17) is 4.74 Å². The van der Waals surface area contributed by atoms with E-state index in [1.807, 2.05) is 39.8 Å². The first-order valence-electron chi connectivity index (χ1n) is 10.9. The van der Waals surface area contributed by atoms with E-state index < -0.39 is 16.1 Å². The lowest BCUT2D eigenvalue weighted by molar-refractivity contribution is -0.128. The molecule has 1 N–H and O–H groups in total. The van der Waals surface area contributed by atoms with Crippen LogP contribution in [-0.4, -0.2) is 27.0 Å². The first-order valence-corrected chi connectivity index (χ1v) is 12.3. The van der Waals surface area contributed by atoms with Gasteiger partial charge in [0, 0.05) is 0 Å². The Morgan fingerprint density at radius 1 is 1.00 bits per heavy atom. The second-order valence-corrected chi connectivity index (χ2v) is 10.4. The Labute approximate surface area is 195 Å². The van der Waals surface area contributed by atoms with Crippen LogP contribution in [0.1, 0.15) is 35.2 Å². The zero-order valence-corrected chi connectivity index (χ0v) is 20.0. The van der Waals surface area contributed by atoms with E-state index >= 15 is 0 Å². The topological polar surface area (TPSA) is 75.7 Å². The van der Waals surface area contributed by atoms with Gasteiger partial charge >= 0.3 is 0 Å². The molecule has 0 aromatic heterocycles. The molecule has 1 aliphatic rings. The molecule has 0 fully saturated rings. The summed E-state index contributed by atoms with van der Waals surface area (Å²) in [6.07, 6.45) is -0.978. The van der Waals surface area contributed by atoms with Gasteiger partial charge in [0.25, 0.3) is 15.9 Å². The standard InChI is InChI=1S/C26H28N2O4S/c1-17-9-12-21(13-10-17)33(30,31)28-16-25(32-24-8-6-5-7-23(24)28)26(29)27-20(4)22-14-11-18(2)15-19(22)3/h5-15,20,25H,16H2,1-4H3,(H,27,29)/t20-,25-/m0/s1. The summed E-state index contributed by atoms with van der Waals surface area (Å²) in [7, 11) is -3.88. The highest BCUT2D eigenvalue weighted by atomic mass is 32.2. The highest BCUT2D eigenvalue weighted by Gasteiger charge is 2.37. The minimum Gasteiger partial charge on any atom is -0.476 e. The third kappa shape index (κ3) is 4.59. The summed E-state index contributed by atoms with van der Waals surface area (Å²) in [4.78, 5) is 13.3. The summed E-state index contributed by atoms with van der Waals surface area (Å²) in [6.45, 7) is 7.73. The number of anilines is 1. The van der Waals surface area contributed by atoms with Gasteiger partial charge in [0.15, 0.2) is 6.10 Å². The van der Waals surface area contributed by atoms with Crippen molar-refractivity contribution >= 4 is 21.6 Å². The van der Waals surface area contributed by atoms with Gasteiger partial charge in [0.05, 0.1) is 23.2 Å². The van der Waals surface area contributed by atoms with Crippen molar-refractivity contribution in [2.45, 2.75) is 44.7 Å². The Balaban J connectivity index is 1.62. The molecular weight excluding hydrogens is 436 g/mol. The molecule has 0 unspecified atom stereocenters. The number of carbonyl (C=O) groups is 1. The van der Waals surface area contributed by atoms with E-state index in [0.717, 1.165) is 22.3 Å². The summed E-state index contributed by atoms with van der Waals surface area (Å²) < 4.78 is 34.2. The molecule has 4 rings (SSSR count). The van der Waals surface area contributed by atoms with Gasteiger partial charge in [0.2, 0.25) is 0 Å². The number of nitrogens with zero attached hydrogens (tertiary/aromatic N) is 1.